The molecule has 0 saturated heterocycles. The summed E-state index contributed by atoms with van der Waals surface area (Å²) >= 11 is 4.87. The fourth-order valence-electron chi connectivity index (χ4n) is 1.50. The van der Waals surface area contributed by atoms with Crippen LogP contribution in [0.3, 0.4) is 0 Å². The van der Waals surface area contributed by atoms with Gasteiger partial charge in [0.15, 0.2) is 5.16 Å². The molecule has 2 aromatic rings. The lowest BCUT2D eigenvalue weighted by Crippen LogP contribution is -2.00. The van der Waals surface area contributed by atoms with E-state index in [-0.39, 0.29) is 0 Å². The highest BCUT2D eigenvalue weighted by molar-refractivity contribution is 9.10. The minimum atomic E-state index is 0.434. The maximum atomic E-state index is 5.74. The number of anilines is 3. The summed E-state index contributed by atoms with van der Waals surface area (Å²) in [5.74, 6) is 1.84. The normalized spacial score (nSPS) is 10.3. The largest absolute Gasteiger partial charge is 0.497 e. The van der Waals surface area contributed by atoms with Crippen LogP contribution in [0.1, 0.15) is 0 Å². The molecule has 1 aromatic carbocycles. The van der Waals surface area contributed by atoms with E-state index in [1.165, 1.54) is 11.8 Å². The summed E-state index contributed by atoms with van der Waals surface area (Å²) in [5.41, 5.74) is 6.59. The number of ether oxygens (including phenoxy) is 1. The monoisotopic (exact) mass is 340 g/mol. The number of aromatic nitrogens is 2. The third-order valence-corrected chi connectivity index (χ3v) is 3.29. The van der Waals surface area contributed by atoms with Gasteiger partial charge >= 0.3 is 0 Å². The Labute approximate surface area is 124 Å². The molecule has 0 fully saturated rings. The minimum absolute atomic E-state index is 0.434. The summed E-state index contributed by atoms with van der Waals surface area (Å²) in [6, 6.07) is 7.38. The number of methoxy groups -OCH3 is 1. The summed E-state index contributed by atoms with van der Waals surface area (Å²) < 4.78 is 6.13. The Balaban J connectivity index is 2.30. The number of hydrogen-bond donors (Lipinski definition) is 2. The van der Waals surface area contributed by atoms with E-state index in [4.69, 9.17) is 10.5 Å². The topological polar surface area (TPSA) is 73.1 Å². The molecule has 0 aliphatic carbocycles. The van der Waals surface area contributed by atoms with Crippen LogP contribution in [0, 0.1) is 0 Å². The average molecular weight is 341 g/mol. The molecular weight excluding hydrogens is 328 g/mol. The Morgan fingerprint density at radius 2 is 2.05 bits per heavy atom. The van der Waals surface area contributed by atoms with Gasteiger partial charge in [0.1, 0.15) is 17.4 Å². The van der Waals surface area contributed by atoms with Crippen molar-refractivity contribution in [2.45, 2.75) is 5.16 Å². The summed E-state index contributed by atoms with van der Waals surface area (Å²) in [7, 11) is 1.63. The highest BCUT2D eigenvalue weighted by atomic mass is 79.9. The molecule has 3 N–H and O–H groups in total. The smallest absolute Gasteiger partial charge is 0.191 e. The standard InChI is InChI=1S/C12H13BrN4OS/c1-18-9-4-7(13)3-8(5-9)15-11-6-10(14)16-12(17-11)19-2/h3-6H,1-2H3,(H3,14,15,16,17). The zero-order valence-electron chi connectivity index (χ0n) is 10.5. The van der Waals surface area contributed by atoms with Gasteiger partial charge in [-0.05, 0) is 18.4 Å². The molecule has 0 amide bonds. The molecule has 0 unspecified atom stereocenters. The Bertz CT molecular complexity index is 542. The number of nitrogen functional groups attached to an aromatic ring is 1. The summed E-state index contributed by atoms with van der Waals surface area (Å²) in [6.45, 7) is 0. The summed E-state index contributed by atoms with van der Waals surface area (Å²) in [4.78, 5) is 8.44. The third-order valence-electron chi connectivity index (χ3n) is 2.29. The van der Waals surface area contributed by atoms with Crippen LogP contribution in [-0.4, -0.2) is 23.3 Å². The quantitative estimate of drug-likeness (QED) is 0.657. The van der Waals surface area contributed by atoms with Crippen LogP contribution >= 0.6 is 27.7 Å². The van der Waals surface area contributed by atoms with Crippen molar-refractivity contribution in [3.63, 3.8) is 0 Å². The number of rotatable bonds is 4. The van der Waals surface area contributed by atoms with E-state index < -0.39 is 0 Å². The first kappa shape index (κ1) is 14.0. The predicted molar refractivity (Wildman–Crippen MR) is 82.2 cm³/mol. The molecule has 1 aromatic heterocycles. The fraction of sp³-hybridized carbons (Fsp3) is 0.167. The number of nitrogens with one attached hydrogen (secondary N) is 1. The Morgan fingerprint density at radius 1 is 1.26 bits per heavy atom. The Kier molecular flexibility index (Phi) is 4.49. The first-order valence-electron chi connectivity index (χ1n) is 5.41. The lowest BCUT2D eigenvalue weighted by atomic mass is 10.3. The van der Waals surface area contributed by atoms with Crippen LogP contribution in [0.5, 0.6) is 5.75 Å². The van der Waals surface area contributed by atoms with Gasteiger partial charge < -0.3 is 15.8 Å². The predicted octanol–water partition coefficient (Wildman–Crippen LogP) is 3.30. The molecule has 2 rings (SSSR count). The van der Waals surface area contributed by atoms with Crippen LogP contribution in [-0.2, 0) is 0 Å². The zero-order valence-corrected chi connectivity index (χ0v) is 12.9. The molecule has 0 atom stereocenters. The number of benzene rings is 1. The molecule has 0 spiro atoms. The van der Waals surface area contributed by atoms with Crippen molar-refractivity contribution in [2.24, 2.45) is 0 Å². The van der Waals surface area contributed by atoms with Crippen molar-refractivity contribution in [3.05, 3.63) is 28.7 Å². The second kappa shape index (κ2) is 6.12. The van der Waals surface area contributed by atoms with E-state index in [1.54, 1.807) is 13.2 Å². The van der Waals surface area contributed by atoms with Crippen LogP contribution in [0.2, 0.25) is 0 Å². The third kappa shape index (κ3) is 3.74. The number of hydrogen-bond acceptors (Lipinski definition) is 6. The van der Waals surface area contributed by atoms with Gasteiger partial charge in [-0.1, -0.05) is 27.7 Å². The van der Waals surface area contributed by atoms with Gasteiger partial charge in [0.05, 0.1) is 7.11 Å². The molecule has 0 aliphatic rings. The molecule has 0 saturated carbocycles. The van der Waals surface area contributed by atoms with Crippen molar-refractivity contribution >= 4 is 45.0 Å². The van der Waals surface area contributed by atoms with E-state index >= 15 is 0 Å². The molecule has 1 heterocycles. The highest BCUT2D eigenvalue weighted by Gasteiger charge is 2.04. The first-order chi connectivity index (χ1) is 9.10. The second-order valence-corrected chi connectivity index (χ2v) is 5.36. The maximum absolute atomic E-state index is 5.74. The van der Waals surface area contributed by atoms with Gasteiger partial charge in [-0.2, -0.15) is 0 Å². The lowest BCUT2D eigenvalue weighted by molar-refractivity contribution is 0.415. The van der Waals surface area contributed by atoms with E-state index in [0.29, 0.717) is 16.8 Å². The average Bonchev–Trinajstić information content (AvgIpc) is 2.37. The van der Waals surface area contributed by atoms with Gasteiger partial charge in [-0.3, -0.25) is 0 Å². The Morgan fingerprint density at radius 3 is 2.74 bits per heavy atom. The number of nitrogens with two attached hydrogens (primary N) is 1. The van der Waals surface area contributed by atoms with Gasteiger partial charge in [-0.25, -0.2) is 9.97 Å². The summed E-state index contributed by atoms with van der Waals surface area (Å²) in [5, 5.41) is 3.81. The van der Waals surface area contributed by atoms with Crippen LogP contribution in [0.25, 0.3) is 0 Å². The van der Waals surface area contributed by atoms with Crippen molar-refractivity contribution in [3.8, 4) is 5.75 Å². The number of nitrogens with zero attached hydrogens (tertiary/aromatic N) is 2. The molecule has 0 bridgehead atoms. The van der Waals surface area contributed by atoms with Gasteiger partial charge in [-0.15, -0.1) is 0 Å². The molecule has 19 heavy (non-hydrogen) atoms. The van der Waals surface area contributed by atoms with Crippen molar-refractivity contribution in [1.29, 1.82) is 0 Å². The van der Waals surface area contributed by atoms with Crippen LogP contribution < -0.4 is 15.8 Å². The molecule has 5 nitrogen and oxygen atoms in total. The van der Waals surface area contributed by atoms with E-state index in [1.807, 2.05) is 24.5 Å². The lowest BCUT2D eigenvalue weighted by Gasteiger charge is -2.09. The number of thioether (sulfide) groups is 1. The zero-order chi connectivity index (χ0) is 13.8. The van der Waals surface area contributed by atoms with Gasteiger partial charge in [0.25, 0.3) is 0 Å². The second-order valence-electron chi connectivity index (χ2n) is 3.67. The highest BCUT2D eigenvalue weighted by Crippen LogP contribution is 2.27. The SMILES string of the molecule is COc1cc(Br)cc(Nc2cc(N)nc(SC)n2)c1. The Hall–Kier alpha value is -1.47. The van der Waals surface area contributed by atoms with Gasteiger partial charge in [0, 0.05) is 22.3 Å². The van der Waals surface area contributed by atoms with E-state index in [0.717, 1.165) is 15.9 Å². The first-order valence-corrected chi connectivity index (χ1v) is 7.42. The fourth-order valence-corrected chi connectivity index (χ4v) is 2.36. The number of halogens is 1. The van der Waals surface area contributed by atoms with Crippen molar-refractivity contribution < 1.29 is 4.74 Å². The molecule has 0 aliphatic heterocycles. The minimum Gasteiger partial charge on any atom is -0.497 e. The molecule has 0 radical (unpaired) electrons. The van der Waals surface area contributed by atoms with Crippen LogP contribution in [0.15, 0.2) is 33.9 Å². The van der Waals surface area contributed by atoms with E-state index in [2.05, 4.69) is 31.2 Å². The van der Waals surface area contributed by atoms with Gasteiger partial charge in [0.2, 0.25) is 0 Å². The van der Waals surface area contributed by atoms with Crippen LogP contribution in [0.4, 0.5) is 17.3 Å². The van der Waals surface area contributed by atoms with Crippen molar-refractivity contribution in [2.75, 3.05) is 24.4 Å². The molecule has 7 heteroatoms. The molecular formula is C12H13BrN4OS. The maximum Gasteiger partial charge on any atom is 0.191 e. The van der Waals surface area contributed by atoms with E-state index in [9.17, 15) is 0 Å². The molecule has 100 valence electrons. The van der Waals surface area contributed by atoms with Crippen molar-refractivity contribution in [1.82, 2.24) is 9.97 Å². The summed E-state index contributed by atoms with van der Waals surface area (Å²) in [6.07, 6.45) is 1.90.